The first-order chi connectivity index (χ1) is 8.02. The van der Waals surface area contributed by atoms with Crippen LogP contribution in [0.25, 0.3) is 0 Å². The smallest absolute Gasteiger partial charge is 0.235 e. The molecule has 0 aromatic heterocycles. The van der Waals surface area contributed by atoms with Gasteiger partial charge in [-0.25, -0.2) is 8.42 Å². The third-order valence-electron chi connectivity index (χ3n) is 2.00. The van der Waals surface area contributed by atoms with E-state index >= 15 is 0 Å². The van der Waals surface area contributed by atoms with Gasteiger partial charge in [-0.3, -0.25) is 4.79 Å². The van der Waals surface area contributed by atoms with Gasteiger partial charge in [0.1, 0.15) is 5.75 Å². The van der Waals surface area contributed by atoms with E-state index in [2.05, 4.69) is 5.32 Å². The van der Waals surface area contributed by atoms with Crippen molar-refractivity contribution < 1.29 is 17.9 Å². The fraction of sp³-hybridized carbons (Fsp3) is 0.900. The number of rotatable bonds is 10. The van der Waals surface area contributed by atoms with Gasteiger partial charge >= 0.3 is 0 Å². The van der Waals surface area contributed by atoms with Crippen LogP contribution >= 0.6 is 0 Å². The van der Waals surface area contributed by atoms with Crippen LogP contribution in [0.2, 0.25) is 0 Å². The molecule has 0 aromatic rings. The number of hydrogen-bond donors (Lipinski definition) is 2. The molecular weight excluding hydrogens is 244 g/mol. The van der Waals surface area contributed by atoms with Crippen LogP contribution in [-0.4, -0.2) is 52.1 Å². The van der Waals surface area contributed by atoms with Gasteiger partial charge in [0.15, 0.2) is 9.84 Å². The zero-order valence-corrected chi connectivity index (χ0v) is 11.1. The number of hydrogen-bond acceptors (Lipinski definition) is 5. The number of amides is 1. The van der Waals surface area contributed by atoms with E-state index in [0.29, 0.717) is 19.7 Å². The highest BCUT2D eigenvalue weighted by Crippen LogP contribution is 1.92. The first kappa shape index (κ1) is 16.3. The van der Waals surface area contributed by atoms with E-state index in [1.807, 2.05) is 6.92 Å². The second kappa shape index (κ2) is 9.38. The molecule has 0 aliphatic carbocycles. The molecule has 0 saturated carbocycles. The molecule has 0 aliphatic rings. The Hall–Kier alpha value is -0.660. The van der Waals surface area contributed by atoms with E-state index in [-0.39, 0.29) is 12.4 Å². The molecule has 3 N–H and O–H groups in total. The zero-order chi connectivity index (χ0) is 13.1. The van der Waals surface area contributed by atoms with Crippen molar-refractivity contribution >= 4 is 15.7 Å². The molecule has 0 unspecified atom stereocenters. The van der Waals surface area contributed by atoms with Gasteiger partial charge in [0, 0.05) is 13.1 Å². The lowest BCUT2D eigenvalue weighted by molar-refractivity contribution is -0.118. The van der Waals surface area contributed by atoms with Gasteiger partial charge in [-0.15, -0.1) is 0 Å². The predicted molar refractivity (Wildman–Crippen MR) is 66.4 cm³/mol. The summed E-state index contributed by atoms with van der Waals surface area (Å²) < 4.78 is 27.9. The normalized spacial score (nSPS) is 11.4. The van der Waals surface area contributed by atoms with Gasteiger partial charge in [0.25, 0.3) is 0 Å². The first-order valence-electron chi connectivity index (χ1n) is 5.76. The molecule has 0 fully saturated rings. The summed E-state index contributed by atoms with van der Waals surface area (Å²) in [5.74, 6) is -1.06. The third kappa shape index (κ3) is 10.2. The van der Waals surface area contributed by atoms with Crippen molar-refractivity contribution in [1.82, 2.24) is 5.32 Å². The average molecular weight is 266 g/mol. The molecule has 0 bridgehead atoms. The van der Waals surface area contributed by atoms with Crippen LogP contribution in [0.5, 0.6) is 0 Å². The van der Waals surface area contributed by atoms with Crippen molar-refractivity contribution in [1.29, 1.82) is 0 Å². The van der Waals surface area contributed by atoms with E-state index in [1.165, 1.54) is 0 Å². The van der Waals surface area contributed by atoms with E-state index in [4.69, 9.17) is 10.5 Å². The molecule has 17 heavy (non-hydrogen) atoms. The second-order valence-electron chi connectivity index (χ2n) is 3.70. The standard InChI is InChI=1S/C10H22N2O4S/c1-2-3-5-12-10(13)9-17(14,15)8-7-16-6-4-11/h2-9,11H2,1H3,(H,12,13). The minimum atomic E-state index is -3.38. The molecule has 1 amide bonds. The number of carbonyl (C=O) groups excluding carboxylic acids is 1. The maximum Gasteiger partial charge on any atom is 0.235 e. The molecule has 0 atom stereocenters. The number of carbonyl (C=O) groups is 1. The Kier molecular flexibility index (Phi) is 9.01. The number of sulfone groups is 1. The summed E-state index contributed by atoms with van der Waals surface area (Å²) in [6, 6.07) is 0. The SMILES string of the molecule is CCCCNC(=O)CS(=O)(=O)CCOCCN. The highest BCUT2D eigenvalue weighted by Gasteiger charge is 2.15. The molecule has 102 valence electrons. The van der Waals surface area contributed by atoms with Crippen LogP contribution < -0.4 is 11.1 Å². The molecule has 0 saturated heterocycles. The highest BCUT2D eigenvalue weighted by molar-refractivity contribution is 7.92. The fourth-order valence-electron chi connectivity index (χ4n) is 1.10. The number of ether oxygens (including phenoxy) is 1. The van der Waals surface area contributed by atoms with Crippen molar-refractivity contribution in [3.63, 3.8) is 0 Å². The number of unbranched alkanes of at least 4 members (excludes halogenated alkanes) is 1. The predicted octanol–water partition coefficient (Wildman–Crippen LogP) is -0.707. The van der Waals surface area contributed by atoms with E-state index < -0.39 is 21.5 Å². The Balaban J connectivity index is 3.79. The lowest BCUT2D eigenvalue weighted by Gasteiger charge is -2.06. The summed E-state index contributed by atoms with van der Waals surface area (Å²) in [5.41, 5.74) is 5.19. The van der Waals surface area contributed by atoms with Crippen molar-refractivity contribution in [3.8, 4) is 0 Å². The largest absolute Gasteiger partial charge is 0.379 e. The lowest BCUT2D eigenvalue weighted by atomic mass is 10.3. The molecule has 0 radical (unpaired) electrons. The number of nitrogens with two attached hydrogens (primary N) is 1. The minimum Gasteiger partial charge on any atom is -0.379 e. The van der Waals surface area contributed by atoms with Crippen LogP contribution in [-0.2, 0) is 19.4 Å². The molecule has 0 aromatic carbocycles. The molecule has 0 heterocycles. The Morgan fingerprint density at radius 2 is 2.06 bits per heavy atom. The fourth-order valence-corrected chi connectivity index (χ4v) is 2.12. The van der Waals surface area contributed by atoms with Crippen molar-refractivity contribution in [2.24, 2.45) is 5.73 Å². The van der Waals surface area contributed by atoms with Crippen molar-refractivity contribution in [2.45, 2.75) is 19.8 Å². The summed E-state index contributed by atoms with van der Waals surface area (Å²) in [5, 5.41) is 2.56. The van der Waals surface area contributed by atoms with E-state index in [9.17, 15) is 13.2 Å². The van der Waals surface area contributed by atoms with Gasteiger partial charge in [0.05, 0.1) is 19.0 Å². The summed E-state index contributed by atoms with van der Waals surface area (Å²) in [7, 11) is -3.38. The maximum absolute atomic E-state index is 11.5. The van der Waals surface area contributed by atoms with Crippen LogP contribution in [0, 0.1) is 0 Å². The zero-order valence-electron chi connectivity index (χ0n) is 10.3. The van der Waals surface area contributed by atoms with Gasteiger partial charge in [0.2, 0.25) is 5.91 Å². The molecule has 7 heteroatoms. The number of nitrogens with one attached hydrogen (secondary N) is 1. The Morgan fingerprint density at radius 3 is 2.65 bits per heavy atom. The van der Waals surface area contributed by atoms with Crippen LogP contribution in [0.1, 0.15) is 19.8 Å². The van der Waals surface area contributed by atoms with Crippen LogP contribution in [0.15, 0.2) is 0 Å². The Morgan fingerprint density at radius 1 is 1.35 bits per heavy atom. The van der Waals surface area contributed by atoms with Crippen molar-refractivity contribution in [3.05, 3.63) is 0 Å². The Bertz CT molecular complexity index is 303. The van der Waals surface area contributed by atoms with Gasteiger partial charge in [-0.1, -0.05) is 13.3 Å². The molecule has 0 spiro atoms. The highest BCUT2D eigenvalue weighted by atomic mass is 32.2. The quantitative estimate of drug-likeness (QED) is 0.509. The monoisotopic (exact) mass is 266 g/mol. The molecule has 6 nitrogen and oxygen atoms in total. The van der Waals surface area contributed by atoms with Crippen molar-refractivity contribution in [2.75, 3.05) is 37.8 Å². The minimum absolute atomic E-state index is 0.0851. The summed E-state index contributed by atoms with van der Waals surface area (Å²) in [6.07, 6.45) is 1.81. The topological polar surface area (TPSA) is 98.5 Å². The Labute approximate surface area is 103 Å². The molecular formula is C10H22N2O4S. The molecule has 0 aliphatic heterocycles. The van der Waals surface area contributed by atoms with E-state index in [0.717, 1.165) is 12.8 Å². The lowest BCUT2D eigenvalue weighted by Crippen LogP contribution is -2.32. The summed E-state index contributed by atoms with van der Waals surface area (Å²) >= 11 is 0. The second-order valence-corrected chi connectivity index (χ2v) is 5.88. The summed E-state index contributed by atoms with van der Waals surface area (Å²) in [6.45, 7) is 3.30. The maximum atomic E-state index is 11.5. The third-order valence-corrected chi connectivity index (χ3v) is 3.50. The van der Waals surface area contributed by atoms with Gasteiger partial charge < -0.3 is 15.8 Å². The van der Waals surface area contributed by atoms with Crippen LogP contribution in [0.4, 0.5) is 0 Å². The molecule has 0 rings (SSSR count). The van der Waals surface area contributed by atoms with Gasteiger partial charge in [-0.05, 0) is 6.42 Å². The van der Waals surface area contributed by atoms with E-state index in [1.54, 1.807) is 0 Å². The first-order valence-corrected chi connectivity index (χ1v) is 7.59. The average Bonchev–Trinajstić information content (AvgIpc) is 2.24. The van der Waals surface area contributed by atoms with Crippen LogP contribution in [0.3, 0.4) is 0 Å². The summed E-state index contributed by atoms with van der Waals surface area (Å²) in [4.78, 5) is 11.3. The van der Waals surface area contributed by atoms with Gasteiger partial charge in [-0.2, -0.15) is 0 Å².